The number of carbonyl (C=O) groups excluding carboxylic acids is 1. The van der Waals surface area contributed by atoms with Crippen molar-refractivity contribution in [1.29, 1.82) is 0 Å². The molecule has 0 radical (unpaired) electrons. The first-order valence-corrected chi connectivity index (χ1v) is 12.0. The summed E-state index contributed by atoms with van der Waals surface area (Å²) in [4.78, 5) is 10.9. The van der Waals surface area contributed by atoms with Gasteiger partial charge in [0.25, 0.3) is 8.32 Å². The molecule has 0 heterocycles. The highest BCUT2D eigenvalue weighted by atomic mass is 28.4. The molecule has 0 bridgehead atoms. The second-order valence-electron chi connectivity index (χ2n) is 8.64. The van der Waals surface area contributed by atoms with Gasteiger partial charge in [0.1, 0.15) is 6.29 Å². The molecule has 0 aromatic heterocycles. The fourth-order valence-electron chi connectivity index (χ4n) is 3.85. The van der Waals surface area contributed by atoms with Gasteiger partial charge in [0.15, 0.2) is 0 Å². The highest BCUT2D eigenvalue weighted by molar-refractivity contribution is 6.99. The van der Waals surface area contributed by atoms with Crippen LogP contribution >= 0.6 is 0 Å². The zero-order valence-corrected chi connectivity index (χ0v) is 18.4. The summed E-state index contributed by atoms with van der Waals surface area (Å²) in [6.45, 7) is 11.1. The summed E-state index contributed by atoms with van der Waals surface area (Å²) < 4.78 is 7.04. The molecule has 29 heavy (non-hydrogen) atoms. The van der Waals surface area contributed by atoms with Crippen molar-refractivity contribution < 1.29 is 9.22 Å². The van der Waals surface area contributed by atoms with Gasteiger partial charge in [-0.25, -0.2) is 0 Å². The summed E-state index contributed by atoms with van der Waals surface area (Å²) in [6, 6.07) is 21.5. The van der Waals surface area contributed by atoms with E-state index in [9.17, 15) is 4.79 Å². The largest absolute Gasteiger partial charge is 0.405 e. The summed E-state index contributed by atoms with van der Waals surface area (Å²) in [5, 5.41) is 2.63. The topological polar surface area (TPSA) is 26.3 Å². The normalized spacial score (nSPS) is 13.6. The van der Waals surface area contributed by atoms with Crippen molar-refractivity contribution in [3.8, 4) is 0 Å². The third-order valence-corrected chi connectivity index (χ3v) is 10.5. The highest BCUT2D eigenvalue weighted by Gasteiger charge is 2.50. The van der Waals surface area contributed by atoms with Crippen molar-refractivity contribution >= 4 is 25.0 Å². The number of hydrogen-bond acceptors (Lipinski definition) is 2. The van der Waals surface area contributed by atoms with Gasteiger partial charge in [-0.05, 0) is 35.2 Å². The van der Waals surface area contributed by atoms with Gasteiger partial charge in [0.2, 0.25) is 0 Å². The summed E-state index contributed by atoms with van der Waals surface area (Å²) in [7, 11) is -2.47. The molecule has 0 N–H and O–H groups in total. The number of aldehydes is 1. The Hall–Kier alpha value is -1.71. The predicted molar refractivity (Wildman–Crippen MR) is 131 cm³/mol. The lowest BCUT2D eigenvalue weighted by Crippen LogP contribution is -2.67. The molecule has 0 fully saturated rings. The zero-order chi connectivity index (χ0) is 19.9. The van der Waals surface area contributed by atoms with E-state index in [-0.39, 0.29) is 31.9 Å². The summed E-state index contributed by atoms with van der Waals surface area (Å²) in [5.41, 5.74) is 0. The van der Waals surface area contributed by atoms with Gasteiger partial charge in [-0.1, -0.05) is 110 Å². The molecule has 0 saturated carbocycles. The average molecular weight is 415 g/mol. The molecule has 2 rings (SSSR count). The molecule has 162 valence electrons. The van der Waals surface area contributed by atoms with E-state index in [0.29, 0.717) is 0 Å². The van der Waals surface area contributed by atoms with Crippen LogP contribution < -0.4 is 10.4 Å². The molecule has 0 amide bonds. The van der Waals surface area contributed by atoms with Crippen LogP contribution in [0.2, 0.25) is 5.04 Å². The minimum atomic E-state index is -2.47. The molecule has 0 aliphatic carbocycles. The standard InChI is InChI=1S/C24H34O2Si.2CH4/c1-20(19-25)13-12-14-21(2)26-27(24(3,4)5,22-15-8-6-9-16-22)23-17-10-7-11-18-23;;/h6-11,15-21H,12-14H2,1-5H3;2*1H4/t20-,21?;;/m0../s1. The zero-order valence-electron chi connectivity index (χ0n) is 17.4. The number of hydrogen-bond donors (Lipinski definition) is 0. The van der Waals surface area contributed by atoms with Gasteiger partial charge in [0, 0.05) is 12.0 Å². The van der Waals surface area contributed by atoms with E-state index in [1.807, 2.05) is 6.92 Å². The maximum atomic E-state index is 10.9. The van der Waals surface area contributed by atoms with Crippen LogP contribution in [-0.4, -0.2) is 20.7 Å². The van der Waals surface area contributed by atoms with E-state index in [1.165, 1.54) is 10.4 Å². The predicted octanol–water partition coefficient (Wildman–Crippen LogP) is 6.23. The Balaban J connectivity index is 0.00000392. The van der Waals surface area contributed by atoms with Crippen molar-refractivity contribution in [2.75, 3.05) is 0 Å². The molecule has 2 aromatic carbocycles. The highest BCUT2D eigenvalue weighted by Crippen LogP contribution is 2.37. The van der Waals surface area contributed by atoms with E-state index in [1.54, 1.807) is 0 Å². The average Bonchev–Trinajstić information content (AvgIpc) is 2.66. The monoisotopic (exact) mass is 414 g/mol. The first-order valence-electron chi connectivity index (χ1n) is 10.1. The molecule has 0 saturated heterocycles. The van der Waals surface area contributed by atoms with Crippen molar-refractivity contribution in [1.82, 2.24) is 0 Å². The van der Waals surface area contributed by atoms with Crippen LogP contribution in [0.5, 0.6) is 0 Å². The Bertz CT molecular complexity index is 652. The van der Waals surface area contributed by atoms with Crippen LogP contribution in [0.3, 0.4) is 0 Å². The van der Waals surface area contributed by atoms with E-state index in [2.05, 4.69) is 88.4 Å². The smallest absolute Gasteiger partial charge is 0.261 e. The van der Waals surface area contributed by atoms with Crippen LogP contribution in [-0.2, 0) is 9.22 Å². The van der Waals surface area contributed by atoms with Crippen molar-refractivity contribution in [3.05, 3.63) is 60.7 Å². The van der Waals surface area contributed by atoms with Crippen molar-refractivity contribution in [2.24, 2.45) is 5.92 Å². The second-order valence-corrected chi connectivity index (χ2v) is 12.9. The molecule has 2 atom stereocenters. The van der Waals surface area contributed by atoms with Crippen molar-refractivity contribution in [2.45, 2.75) is 79.9 Å². The van der Waals surface area contributed by atoms with Gasteiger partial charge in [0.05, 0.1) is 0 Å². The molecule has 0 aliphatic heterocycles. The molecule has 0 aliphatic rings. The third kappa shape index (κ3) is 6.65. The molecule has 0 spiro atoms. The molecule has 2 aromatic rings. The van der Waals surface area contributed by atoms with Gasteiger partial charge >= 0.3 is 0 Å². The van der Waals surface area contributed by atoms with Crippen LogP contribution in [0.4, 0.5) is 0 Å². The SMILES string of the molecule is C.C.CC(CCC[C@H](C)C=O)O[Si](c1ccccc1)(c1ccccc1)C(C)(C)C. The molecule has 3 heteroatoms. The maximum absolute atomic E-state index is 10.9. The lowest BCUT2D eigenvalue weighted by atomic mass is 10.0. The fourth-order valence-corrected chi connectivity index (χ4v) is 8.58. The first kappa shape index (κ1) is 27.3. The quantitative estimate of drug-likeness (QED) is 0.359. The maximum Gasteiger partial charge on any atom is 0.261 e. The minimum absolute atomic E-state index is 0. The van der Waals surface area contributed by atoms with Gasteiger partial charge in [-0.15, -0.1) is 0 Å². The Morgan fingerprint density at radius 2 is 1.31 bits per heavy atom. The van der Waals surface area contributed by atoms with Gasteiger partial charge in [-0.2, -0.15) is 0 Å². The minimum Gasteiger partial charge on any atom is -0.405 e. The number of rotatable bonds is 9. The van der Waals surface area contributed by atoms with Gasteiger partial charge in [-0.3, -0.25) is 0 Å². The second kappa shape index (κ2) is 12.1. The lowest BCUT2D eigenvalue weighted by Gasteiger charge is -2.44. The summed E-state index contributed by atoms with van der Waals surface area (Å²) in [5.74, 6) is 0.130. The molecular formula is C26H42O2Si. The Morgan fingerprint density at radius 1 is 0.862 bits per heavy atom. The van der Waals surface area contributed by atoms with E-state index < -0.39 is 8.32 Å². The lowest BCUT2D eigenvalue weighted by molar-refractivity contribution is -0.110. The van der Waals surface area contributed by atoms with Crippen molar-refractivity contribution in [3.63, 3.8) is 0 Å². The Kier molecular flexibility index (Phi) is 11.4. The number of benzene rings is 2. The Morgan fingerprint density at radius 3 is 1.69 bits per heavy atom. The van der Waals surface area contributed by atoms with Crippen LogP contribution in [0.25, 0.3) is 0 Å². The van der Waals surface area contributed by atoms with Crippen LogP contribution in [0.1, 0.15) is 68.7 Å². The summed E-state index contributed by atoms with van der Waals surface area (Å²) >= 11 is 0. The van der Waals surface area contributed by atoms with Gasteiger partial charge < -0.3 is 9.22 Å². The van der Waals surface area contributed by atoms with Crippen LogP contribution in [0, 0.1) is 5.92 Å². The molecule has 1 unspecified atom stereocenters. The molecule has 2 nitrogen and oxygen atoms in total. The Labute approximate surface area is 180 Å². The van der Waals surface area contributed by atoms with E-state index in [4.69, 9.17) is 4.43 Å². The number of carbonyl (C=O) groups is 1. The molecular weight excluding hydrogens is 372 g/mol. The first-order chi connectivity index (χ1) is 12.8. The van der Waals surface area contributed by atoms with Crippen LogP contribution in [0.15, 0.2) is 60.7 Å². The fraction of sp³-hybridized carbons (Fsp3) is 0.500. The third-order valence-electron chi connectivity index (χ3n) is 5.30. The van der Waals surface area contributed by atoms with E-state index in [0.717, 1.165) is 25.5 Å². The van der Waals surface area contributed by atoms with E-state index >= 15 is 0 Å². The summed E-state index contributed by atoms with van der Waals surface area (Å²) in [6.07, 6.45) is 4.11.